The highest BCUT2D eigenvalue weighted by Crippen LogP contribution is 2.28. The fraction of sp³-hybridized carbons (Fsp3) is 0.344. The Kier molecular flexibility index (Phi) is 9.93. The molecule has 0 aliphatic carbocycles. The second-order valence-corrected chi connectivity index (χ2v) is 10.9. The number of alkyl carbamates (subject to hydrolysis) is 1. The van der Waals surface area contributed by atoms with Crippen LogP contribution in [0.1, 0.15) is 54.6 Å². The second kappa shape index (κ2) is 13.2. The molecule has 2 atom stereocenters. The van der Waals surface area contributed by atoms with Crippen molar-refractivity contribution in [2.24, 2.45) is 0 Å². The Morgan fingerprint density at radius 1 is 0.875 bits per heavy atom. The summed E-state index contributed by atoms with van der Waals surface area (Å²) in [6, 6.07) is 19.7. The summed E-state index contributed by atoms with van der Waals surface area (Å²) >= 11 is 0. The van der Waals surface area contributed by atoms with Gasteiger partial charge >= 0.3 is 6.09 Å². The predicted molar refractivity (Wildman–Crippen MR) is 155 cm³/mol. The highest BCUT2D eigenvalue weighted by molar-refractivity contribution is 5.92. The van der Waals surface area contributed by atoms with E-state index in [0.29, 0.717) is 6.54 Å². The molecule has 3 aromatic rings. The first kappa shape index (κ1) is 30.2. The van der Waals surface area contributed by atoms with Gasteiger partial charge in [-0.3, -0.25) is 9.59 Å². The molecule has 0 aliphatic rings. The first-order valence-electron chi connectivity index (χ1n) is 13.3. The van der Waals surface area contributed by atoms with E-state index in [-0.39, 0.29) is 18.1 Å². The number of aromatic hydroxyl groups is 1. The summed E-state index contributed by atoms with van der Waals surface area (Å²) in [5.74, 6) is -0.701. The fourth-order valence-corrected chi connectivity index (χ4v) is 4.53. The van der Waals surface area contributed by atoms with E-state index in [0.717, 1.165) is 27.8 Å². The van der Waals surface area contributed by atoms with Crippen LogP contribution in [0.5, 0.6) is 5.75 Å². The van der Waals surface area contributed by atoms with Crippen LogP contribution in [0.15, 0.2) is 72.8 Å². The molecule has 0 heterocycles. The first-order valence-corrected chi connectivity index (χ1v) is 13.3. The number of aryl methyl sites for hydroxylation is 2. The van der Waals surface area contributed by atoms with Gasteiger partial charge < -0.3 is 25.4 Å². The maximum atomic E-state index is 14.1. The molecule has 2 unspecified atom stereocenters. The lowest BCUT2D eigenvalue weighted by molar-refractivity contribution is -0.140. The molecule has 3 rings (SSSR count). The number of nitrogens with zero attached hydrogens (tertiary/aromatic N) is 1. The van der Waals surface area contributed by atoms with Gasteiger partial charge in [-0.2, -0.15) is 0 Å². The first-order chi connectivity index (χ1) is 18.9. The molecule has 3 N–H and O–H groups in total. The summed E-state index contributed by atoms with van der Waals surface area (Å²) in [7, 11) is 1.57. The summed E-state index contributed by atoms with van der Waals surface area (Å²) in [5.41, 5.74) is 3.36. The van der Waals surface area contributed by atoms with Gasteiger partial charge in [0.05, 0.1) is 0 Å². The zero-order valence-corrected chi connectivity index (χ0v) is 24.0. The molecular weight excluding hydrogens is 506 g/mol. The van der Waals surface area contributed by atoms with Crippen molar-refractivity contribution < 1.29 is 24.2 Å². The van der Waals surface area contributed by atoms with E-state index in [4.69, 9.17) is 4.74 Å². The minimum absolute atomic E-state index is 0.0917. The van der Waals surface area contributed by atoms with E-state index in [2.05, 4.69) is 10.6 Å². The van der Waals surface area contributed by atoms with Crippen molar-refractivity contribution in [1.82, 2.24) is 15.5 Å². The molecule has 3 aromatic carbocycles. The summed E-state index contributed by atoms with van der Waals surface area (Å²) in [5, 5.41) is 15.4. The van der Waals surface area contributed by atoms with Gasteiger partial charge in [-0.1, -0.05) is 60.7 Å². The van der Waals surface area contributed by atoms with Crippen LogP contribution in [-0.2, 0) is 27.3 Å². The molecule has 0 aromatic heterocycles. The standard InChI is InChI=1S/C32H39N3O5/c1-21-11-10-12-22(2)27(21)28(29(37)33-20-24-13-8-7-9-14-24)35(6)30(38)26(34-31(39)40-32(3,4)5)19-23-15-17-25(36)18-16-23/h7-18,26,28,36H,19-20H2,1-6H3,(H,33,37)(H,34,39). The van der Waals surface area contributed by atoms with Crippen molar-refractivity contribution >= 4 is 17.9 Å². The third-order valence-electron chi connectivity index (χ3n) is 6.47. The molecule has 0 saturated carbocycles. The number of benzene rings is 3. The van der Waals surface area contributed by atoms with Crippen LogP contribution in [-0.4, -0.2) is 46.6 Å². The summed E-state index contributed by atoms with van der Waals surface area (Å²) < 4.78 is 5.43. The van der Waals surface area contributed by atoms with Gasteiger partial charge in [-0.25, -0.2) is 4.79 Å². The largest absolute Gasteiger partial charge is 0.508 e. The zero-order valence-electron chi connectivity index (χ0n) is 24.0. The molecule has 0 saturated heterocycles. The number of ether oxygens (including phenoxy) is 1. The number of carbonyl (C=O) groups is 3. The zero-order chi connectivity index (χ0) is 29.4. The van der Waals surface area contributed by atoms with Crippen molar-refractivity contribution in [1.29, 1.82) is 0 Å². The molecule has 0 spiro atoms. The molecule has 0 aliphatic heterocycles. The van der Waals surface area contributed by atoms with Crippen LogP contribution < -0.4 is 10.6 Å². The van der Waals surface area contributed by atoms with Gasteiger partial charge in [0.2, 0.25) is 11.8 Å². The van der Waals surface area contributed by atoms with E-state index in [1.807, 2.05) is 62.4 Å². The molecule has 0 radical (unpaired) electrons. The molecule has 0 fully saturated rings. The Hall–Kier alpha value is -4.33. The lowest BCUT2D eigenvalue weighted by Gasteiger charge is -2.33. The van der Waals surface area contributed by atoms with Gasteiger partial charge in [0.1, 0.15) is 23.4 Å². The highest BCUT2D eigenvalue weighted by atomic mass is 16.6. The molecule has 8 nitrogen and oxygen atoms in total. The molecule has 0 bridgehead atoms. The summed E-state index contributed by atoms with van der Waals surface area (Å²) in [6.45, 7) is 9.34. The van der Waals surface area contributed by atoms with Gasteiger partial charge in [0, 0.05) is 20.0 Å². The average Bonchev–Trinajstić information content (AvgIpc) is 2.89. The molecule has 40 heavy (non-hydrogen) atoms. The van der Waals surface area contributed by atoms with E-state index >= 15 is 0 Å². The van der Waals surface area contributed by atoms with E-state index in [1.54, 1.807) is 40.0 Å². The number of rotatable bonds is 9. The number of phenolic OH excluding ortho intramolecular Hbond substituents is 1. The Balaban J connectivity index is 1.95. The number of hydrogen-bond donors (Lipinski definition) is 3. The normalized spacial score (nSPS) is 12.7. The van der Waals surface area contributed by atoms with Crippen molar-refractivity contribution in [3.63, 3.8) is 0 Å². The smallest absolute Gasteiger partial charge is 0.408 e. The van der Waals surface area contributed by atoms with Crippen LogP contribution in [0, 0.1) is 13.8 Å². The van der Waals surface area contributed by atoms with Crippen LogP contribution in [0.3, 0.4) is 0 Å². The van der Waals surface area contributed by atoms with Gasteiger partial charge in [-0.05, 0) is 74.6 Å². The number of likely N-dealkylation sites (N-methyl/N-ethyl adjacent to an activating group) is 1. The van der Waals surface area contributed by atoms with Crippen LogP contribution in [0.25, 0.3) is 0 Å². The van der Waals surface area contributed by atoms with E-state index < -0.39 is 29.7 Å². The van der Waals surface area contributed by atoms with Crippen molar-refractivity contribution in [2.45, 2.75) is 65.3 Å². The highest BCUT2D eigenvalue weighted by Gasteiger charge is 2.35. The topological polar surface area (TPSA) is 108 Å². The SMILES string of the molecule is Cc1cccc(C)c1C(C(=O)NCc1ccccc1)N(C)C(=O)C(Cc1ccc(O)cc1)NC(=O)OC(C)(C)C. The number of nitrogens with one attached hydrogen (secondary N) is 2. The number of hydrogen-bond acceptors (Lipinski definition) is 5. The third-order valence-corrected chi connectivity index (χ3v) is 6.47. The lowest BCUT2D eigenvalue weighted by Crippen LogP contribution is -2.52. The van der Waals surface area contributed by atoms with Crippen molar-refractivity contribution in [3.8, 4) is 5.75 Å². The molecule has 3 amide bonds. The average molecular weight is 546 g/mol. The van der Waals surface area contributed by atoms with E-state index in [9.17, 15) is 19.5 Å². The fourth-order valence-electron chi connectivity index (χ4n) is 4.53. The minimum atomic E-state index is -1.03. The second-order valence-electron chi connectivity index (χ2n) is 10.9. The van der Waals surface area contributed by atoms with Gasteiger partial charge in [-0.15, -0.1) is 0 Å². The van der Waals surface area contributed by atoms with Gasteiger partial charge in [0.25, 0.3) is 0 Å². The Bertz CT molecular complexity index is 1300. The number of carbonyl (C=O) groups excluding carboxylic acids is 3. The third kappa shape index (κ3) is 8.33. The van der Waals surface area contributed by atoms with Crippen molar-refractivity contribution in [2.75, 3.05) is 7.05 Å². The Morgan fingerprint density at radius 3 is 2.05 bits per heavy atom. The van der Waals surface area contributed by atoms with E-state index in [1.165, 1.54) is 17.0 Å². The van der Waals surface area contributed by atoms with Crippen LogP contribution >= 0.6 is 0 Å². The van der Waals surface area contributed by atoms with Gasteiger partial charge in [0.15, 0.2) is 0 Å². The molecular formula is C32H39N3O5. The minimum Gasteiger partial charge on any atom is -0.508 e. The Labute approximate surface area is 236 Å². The molecule has 212 valence electrons. The predicted octanol–water partition coefficient (Wildman–Crippen LogP) is 4.96. The quantitative estimate of drug-likeness (QED) is 0.352. The van der Waals surface area contributed by atoms with Crippen LogP contribution in [0.4, 0.5) is 4.79 Å². The number of phenols is 1. The number of amides is 3. The summed E-state index contributed by atoms with van der Waals surface area (Å²) in [6.07, 6.45) is -0.608. The van der Waals surface area contributed by atoms with Crippen LogP contribution in [0.2, 0.25) is 0 Å². The monoisotopic (exact) mass is 545 g/mol. The Morgan fingerprint density at radius 2 is 1.48 bits per heavy atom. The van der Waals surface area contributed by atoms with Crippen molar-refractivity contribution in [3.05, 3.63) is 101 Å². The maximum Gasteiger partial charge on any atom is 0.408 e. The maximum absolute atomic E-state index is 14.1. The lowest BCUT2D eigenvalue weighted by atomic mass is 9.93. The molecule has 8 heteroatoms. The summed E-state index contributed by atoms with van der Waals surface area (Å²) in [4.78, 5) is 42.0.